The number of ether oxygens (including phenoxy) is 2. The highest BCUT2D eigenvalue weighted by molar-refractivity contribution is 7.89. The first-order valence-corrected chi connectivity index (χ1v) is 7.20. The van der Waals surface area contributed by atoms with Crippen molar-refractivity contribution in [3.8, 4) is 5.75 Å². The second-order valence-corrected chi connectivity index (χ2v) is 5.79. The molecule has 0 saturated carbocycles. The molecule has 0 radical (unpaired) electrons. The van der Waals surface area contributed by atoms with Crippen LogP contribution in [0.5, 0.6) is 5.75 Å². The number of rotatable bonds is 6. The van der Waals surface area contributed by atoms with Crippen molar-refractivity contribution in [3.63, 3.8) is 0 Å². The fourth-order valence-electron chi connectivity index (χ4n) is 1.51. The van der Waals surface area contributed by atoms with Crippen molar-refractivity contribution < 1.29 is 27.8 Å². The maximum atomic E-state index is 12.0. The number of hydrogen-bond acceptors (Lipinski definition) is 6. The molecule has 1 atom stereocenters. The molecule has 1 aromatic carbocycles. The second-order valence-electron chi connectivity index (χ2n) is 4.02. The van der Waals surface area contributed by atoms with Crippen LogP contribution in [-0.2, 0) is 19.6 Å². The van der Waals surface area contributed by atoms with Crippen LogP contribution in [0.4, 0.5) is 0 Å². The van der Waals surface area contributed by atoms with Crippen molar-refractivity contribution in [3.05, 3.63) is 23.8 Å². The van der Waals surface area contributed by atoms with Gasteiger partial charge in [-0.15, -0.1) is 0 Å². The molecule has 0 spiro atoms. The van der Waals surface area contributed by atoms with Gasteiger partial charge in [-0.25, -0.2) is 17.9 Å². The number of carbonyl (C=O) groups excluding carboxylic acids is 1. The molecule has 0 bridgehead atoms. The smallest absolute Gasteiger partial charge is 0.336 e. The topological polar surface area (TPSA) is 102 Å². The van der Waals surface area contributed by atoms with E-state index in [1.165, 1.54) is 25.3 Å². The molecule has 0 aliphatic rings. The van der Waals surface area contributed by atoms with Gasteiger partial charge in [0, 0.05) is 6.54 Å². The van der Waals surface area contributed by atoms with E-state index in [0.717, 1.165) is 7.11 Å². The van der Waals surface area contributed by atoms with Crippen molar-refractivity contribution in [2.24, 2.45) is 0 Å². The largest absolute Gasteiger partial charge is 0.496 e. The number of carbonyl (C=O) groups is 1. The zero-order valence-electron chi connectivity index (χ0n) is 11.4. The Morgan fingerprint density at radius 2 is 2.05 bits per heavy atom. The van der Waals surface area contributed by atoms with Gasteiger partial charge in [-0.2, -0.15) is 0 Å². The van der Waals surface area contributed by atoms with E-state index in [1.807, 2.05) is 0 Å². The Morgan fingerprint density at radius 3 is 2.55 bits per heavy atom. The highest BCUT2D eigenvalue weighted by Crippen LogP contribution is 2.21. The van der Waals surface area contributed by atoms with Crippen molar-refractivity contribution in [2.45, 2.75) is 17.9 Å². The predicted molar refractivity (Wildman–Crippen MR) is 70.9 cm³/mol. The van der Waals surface area contributed by atoms with Gasteiger partial charge >= 0.3 is 5.97 Å². The molecule has 1 aromatic rings. The summed E-state index contributed by atoms with van der Waals surface area (Å²) in [6.07, 6.45) is -1.55. The lowest BCUT2D eigenvalue weighted by atomic mass is 10.2. The molecule has 112 valence electrons. The van der Waals surface area contributed by atoms with Crippen LogP contribution in [0.25, 0.3) is 0 Å². The molecule has 8 heteroatoms. The molecular weight excluding hydrogens is 286 g/mol. The predicted octanol–water partition coefficient (Wildman–Crippen LogP) is -0.184. The Hall–Kier alpha value is -1.64. The lowest BCUT2D eigenvalue weighted by Gasteiger charge is -2.11. The van der Waals surface area contributed by atoms with Crippen molar-refractivity contribution in [2.75, 3.05) is 20.8 Å². The molecule has 2 N–H and O–H groups in total. The molecule has 0 saturated heterocycles. The van der Waals surface area contributed by atoms with Crippen LogP contribution in [-0.4, -0.2) is 46.4 Å². The molecule has 0 amide bonds. The summed E-state index contributed by atoms with van der Waals surface area (Å²) >= 11 is 0. The molecule has 1 unspecified atom stereocenters. The Kier molecular flexibility index (Phi) is 5.49. The van der Waals surface area contributed by atoms with Gasteiger partial charge in [0.1, 0.15) is 5.75 Å². The van der Waals surface area contributed by atoms with E-state index in [0.29, 0.717) is 11.3 Å². The fraction of sp³-hybridized carbons (Fsp3) is 0.417. The van der Waals surface area contributed by atoms with E-state index in [-0.39, 0.29) is 4.90 Å². The minimum absolute atomic E-state index is 0.0212. The van der Waals surface area contributed by atoms with Crippen LogP contribution in [0.1, 0.15) is 5.56 Å². The number of sulfonamides is 1. The first-order valence-electron chi connectivity index (χ1n) is 5.72. The maximum Gasteiger partial charge on any atom is 0.336 e. The van der Waals surface area contributed by atoms with Gasteiger partial charge in [-0.05, 0) is 30.7 Å². The monoisotopic (exact) mass is 303 g/mol. The number of methoxy groups -OCH3 is 2. The Bertz CT molecular complexity index is 584. The van der Waals surface area contributed by atoms with Crippen LogP contribution in [0, 0.1) is 6.92 Å². The fourth-order valence-corrected chi connectivity index (χ4v) is 2.63. The summed E-state index contributed by atoms with van der Waals surface area (Å²) in [4.78, 5) is 11.0. The van der Waals surface area contributed by atoms with Crippen LogP contribution in [0.15, 0.2) is 23.1 Å². The Balaban J connectivity index is 2.84. The highest BCUT2D eigenvalue weighted by atomic mass is 32.2. The first kappa shape index (κ1) is 16.4. The Morgan fingerprint density at radius 1 is 1.40 bits per heavy atom. The van der Waals surface area contributed by atoms with Crippen molar-refractivity contribution >= 4 is 16.0 Å². The third kappa shape index (κ3) is 3.92. The molecule has 1 rings (SSSR count). The molecule has 0 heterocycles. The normalized spacial score (nSPS) is 12.8. The second kappa shape index (κ2) is 6.69. The minimum Gasteiger partial charge on any atom is -0.496 e. The van der Waals surface area contributed by atoms with Crippen LogP contribution in [0.2, 0.25) is 0 Å². The van der Waals surface area contributed by atoms with Crippen molar-refractivity contribution in [1.29, 1.82) is 0 Å². The summed E-state index contributed by atoms with van der Waals surface area (Å²) in [7, 11) is -1.23. The van der Waals surface area contributed by atoms with Gasteiger partial charge in [0.05, 0.1) is 19.1 Å². The summed E-state index contributed by atoms with van der Waals surface area (Å²) in [5.74, 6) is -0.336. The van der Waals surface area contributed by atoms with E-state index in [1.54, 1.807) is 6.92 Å². The number of aliphatic hydroxyl groups is 1. The molecule has 0 aliphatic heterocycles. The van der Waals surface area contributed by atoms with Gasteiger partial charge in [0.25, 0.3) is 0 Å². The summed E-state index contributed by atoms with van der Waals surface area (Å²) in [6, 6.07) is 4.34. The average Bonchev–Trinajstić information content (AvgIpc) is 2.43. The van der Waals surface area contributed by atoms with E-state index < -0.39 is 28.6 Å². The van der Waals surface area contributed by atoms with E-state index >= 15 is 0 Å². The van der Waals surface area contributed by atoms with Crippen LogP contribution < -0.4 is 9.46 Å². The van der Waals surface area contributed by atoms with E-state index in [9.17, 15) is 18.3 Å². The lowest BCUT2D eigenvalue weighted by Crippen LogP contribution is -2.37. The van der Waals surface area contributed by atoms with Gasteiger partial charge < -0.3 is 14.6 Å². The molecule has 0 aromatic heterocycles. The number of nitrogens with one attached hydrogen (secondary N) is 1. The lowest BCUT2D eigenvalue weighted by molar-refractivity contribution is -0.149. The van der Waals surface area contributed by atoms with E-state index in [4.69, 9.17) is 4.74 Å². The zero-order valence-corrected chi connectivity index (χ0v) is 12.2. The van der Waals surface area contributed by atoms with Gasteiger partial charge in [0.2, 0.25) is 10.0 Å². The van der Waals surface area contributed by atoms with Gasteiger partial charge in [-0.1, -0.05) is 0 Å². The number of esters is 1. The third-order valence-electron chi connectivity index (χ3n) is 2.62. The van der Waals surface area contributed by atoms with Crippen molar-refractivity contribution in [1.82, 2.24) is 4.72 Å². The minimum atomic E-state index is -3.82. The van der Waals surface area contributed by atoms with Gasteiger partial charge in [-0.3, -0.25) is 0 Å². The van der Waals surface area contributed by atoms with E-state index in [2.05, 4.69) is 9.46 Å². The maximum absolute atomic E-state index is 12.0. The molecule has 20 heavy (non-hydrogen) atoms. The third-order valence-corrected chi connectivity index (χ3v) is 4.04. The highest BCUT2D eigenvalue weighted by Gasteiger charge is 2.21. The SMILES string of the molecule is COC(=O)C(O)CNS(=O)(=O)c1ccc(OC)c(C)c1. The molecular formula is C12H17NO6S. The number of aryl methyl sites for hydroxylation is 1. The standard InChI is InChI=1S/C12H17NO6S/c1-8-6-9(4-5-11(8)18-2)20(16,17)13-7-10(14)12(15)19-3/h4-6,10,13-14H,7H2,1-3H3. The zero-order chi connectivity index (χ0) is 15.3. The summed E-state index contributed by atoms with van der Waals surface area (Å²) < 4.78 is 35.4. The number of hydrogen-bond donors (Lipinski definition) is 2. The quantitative estimate of drug-likeness (QED) is 0.707. The van der Waals surface area contributed by atoms with Gasteiger partial charge in [0.15, 0.2) is 6.10 Å². The molecule has 7 nitrogen and oxygen atoms in total. The summed E-state index contributed by atoms with van der Waals surface area (Å²) in [5, 5.41) is 9.34. The first-order chi connectivity index (χ1) is 9.31. The number of aliphatic hydroxyl groups excluding tert-OH is 1. The Labute approximate surface area is 117 Å². The van der Waals surface area contributed by atoms with Crippen LogP contribution >= 0.6 is 0 Å². The van der Waals surface area contributed by atoms with Crippen LogP contribution in [0.3, 0.4) is 0 Å². The average molecular weight is 303 g/mol. The molecule has 0 aliphatic carbocycles. The number of benzene rings is 1. The summed E-state index contributed by atoms with van der Waals surface area (Å²) in [5.41, 5.74) is 0.656. The summed E-state index contributed by atoms with van der Waals surface area (Å²) in [6.45, 7) is 1.25. The molecule has 0 fully saturated rings.